The van der Waals surface area contributed by atoms with Crippen molar-refractivity contribution < 1.29 is 13.2 Å². The molecule has 2 aromatic carbocycles. The normalized spacial score (nSPS) is 15.1. The van der Waals surface area contributed by atoms with Gasteiger partial charge in [0.1, 0.15) is 0 Å². The third-order valence-electron chi connectivity index (χ3n) is 5.61. The van der Waals surface area contributed by atoms with E-state index in [2.05, 4.69) is 5.32 Å². The van der Waals surface area contributed by atoms with Gasteiger partial charge in [0.15, 0.2) is 0 Å². The Balaban J connectivity index is 1.85. The molecule has 1 amide bonds. The minimum atomic E-state index is -3.57. The molecule has 0 unspecified atom stereocenters. The number of anilines is 2. The van der Waals surface area contributed by atoms with E-state index >= 15 is 0 Å². The van der Waals surface area contributed by atoms with E-state index in [0.717, 1.165) is 36.1 Å². The van der Waals surface area contributed by atoms with Gasteiger partial charge in [-0.1, -0.05) is 24.6 Å². The summed E-state index contributed by atoms with van der Waals surface area (Å²) in [5, 5.41) is 2.93. The first-order valence-corrected chi connectivity index (χ1v) is 11.8. The predicted octanol–water partition coefficient (Wildman–Crippen LogP) is 3.73. The number of benzene rings is 2. The van der Waals surface area contributed by atoms with Crippen molar-refractivity contribution in [1.82, 2.24) is 4.31 Å². The number of rotatable bonds is 6. The van der Waals surface area contributed by atoms with Gasteiger partial charge in [0, 0.05) is 27.2 Å². The molecule has 0 atom stereocenters. The summed E-state index contributed by atoms with van der Waals surface area (Å²) in [6.45, 7) is 5.16. The number of hydrogen-bond donors (Lipinski definition) is 1. The molecule has 1 saturated heterocycles. The van der Waals surface area contributed by atoms with Gasteiger partial charge in [-0.2, -0.15) is 4.31 Å². The van der Waals surface area contributed by atoms with Gasteiger partial charge in [0.25, 0.3) is 0 Å². The third-order valence-corrected chi connectivity index (χ3v) is 7.51. The topological polar surface area (TPSA) is 69.7 Å². The monoisotopic (exact) mass is 429 g/mol. The molecule has 3 rings (SSSR count). The van der Waals surface area contributed by atoms with E-state index in [4.69, 9.17) is 0 Å². The fourth-order valence-corrected chi connectivity index (χ4v) is 5.26. The minimum absolute atomic E-state index is 0.172. The lowest BCUT2D eigenvalue weighted by molar-refractivity contribution is -0.115. The number of carbonyl (C=O) groups excluding carboxylic acids is 1. The van der Waals surface area contributed by atoms with Gasteiger partial charge in [-0.25, -0.2) is 8.42 Å². The SMILES string of the molecule is Cc1ccc(CC(=O)Nc2cc(S(=O)(=O)N3CCCCC3)ccc2N(C)C)cc1C. The van der Waals surface area contributed by atoms with Crippen LogP contribution in [0.15, 0.2) is 41.3 Å². The molecule has 0 aliphatic carbocycles. The Bertz CT molecular complexity index is 1030. The Labute approximate surface area is 179 Å². The first-order valence-electron chi connectivity index (χ1n) is 10.4. The zero-order valence-electron chi connectivity index (χ0n) is 18.2. The number of carbonyl (C=O) groups is 1. The Hall–Kier alpha value is -2.38. The number of nitrogens with one attached hydrogen (secondary N) is 1. The maximum Gasteiger partial charge on any atom is 0.243 e. The number of nitrogens with zero attached hydrogens (tertiary/aromatic N) is 2. The molecule has 2 aromatic rings. The van der Waals surface area contributed by atoms with Crippen molar-refractivity contribution in [1.29, 1.82) is 0 Å². The van der Waals surface area contributed by atoms with E-state index in [0.29, 0.717) is 18.8 Å². The molecule has 0 bridgehead atoms. The average molecular weight is 430 g/mol. The zero-order chi connectivity index (χ0) is 21.9. The van der Waals surface area contributed by atoms with Crippen LogP contribution in [-0.4, -0.2) is 45.8 Å². The van der Waals surface area contributed by atoms with Crippen molar-refractivity contribution in [3.05, 3.63) is 53.1 Å². The van der Waals surface area contributed by atoms with E-state index < -0.39 is 10.0 Å². The Morgan fingerprint density at radius 3 is 2.33 bits per heavy atom. The van der Waals surface area contributed by atoms with Gasteiger partial charge < -0.3 is 10.2 Å². The van der Waals surface area contributed by atoms with E-state index in [9.17, 15) is 13.2 Å². The lowest BCUT2D eigenvalue weighted by Gasteiger charge is -2.26. The summed E-state index contributed by atoms with van der Waals surface area (Å²) in [7, 11) is 0.168. The molecular weight excluding hydrogens is 398 g/mol. The van der Waals surface area contributed by atoms with Crippen LogP contribution in [0, 0.1) is 13.8 Å². The Kier molecular flexibility index (Phi) is 6.83. The lowest BCUT2D eigenvalue weighted by Crippen LogP contribution is -2.35. The molecule has 1 heterocycles. The van der Waals surface area contributed by atoms with Crippen molar-refractivity contribution in [2.45, 2.75) is 44.4 Å². The summed E-state index contributed by atoms with van der Waals surface area (Å²) in [5.41, 5.74) is 4.53. The summed E-state index contributed by atoms with van der Waals surface area (Å²) < 4.78 is 27.7. The van der Waals surface area contributed by atoms with Crippen molar-refractivity contribution in [3.8, 4) is 0 Å². The van der Waals surface area contributed by atoms with Crippen LogP contribution in [0.3, 0.4) is 0 Å². The molecule has 7 heteroatoms. The van der Waals surface area contributed by atoms with Crippen LogP contribution in [0.1, 0.15) is 36.0 Å². The summed E-state index contributed by atoms with van der Waals surface area (Å²) in [6, 6.07) is 10.9. The van der Waals surface area contributed by atoms with E-state index in [-0.39, 0.29) is 17.2 Å². The maximum atomic E-state index is 13.1. The standard InChI is InChI=1S/C23H31N3O3S/c1-17-8-9-19(14-18(17)2)15-23(27)24-21-16-20(10-11-22(21)25(3)4)30(28,29)26-12-6-5-7-13-26/h8-11,14,16H,5-7,12-13,15H2,1-4H3,(H,24,27). The van der Waals surface area contributed by atoms with Crippen LogP contribution in [0.2, 0.25) is 0 Å². The molecule has 6 nitrogen and oxygen atoms in total. The molecule has 0 saturated carbocycles. The second-order valence-electron chi connectivity index (χ2n) is 8.18. The molecule has 0 aromatic heterocycles. The molecule has 1 aliphatic heterocycles. The highest BCUT2D eigenvalue weighted by Gasteiger charge is 2.27. The molecule has 1 aliphatic rings. The highest BCUT2D eigenvalue weighted by molar-refractivity contribution is 7.89. The van der Waals surface area contributed by atoms with Gasteiger partial charge in [-0.05, 0) is 61.6 Å². The van der Waals surface area contributed by atoms with Gasteiger partial charge in [-0.3, -0.25) is 4.79 Å². The van der Waals surface area contributed by atoms with Gasteiger partial charge in [0.2, 0.25) is 15.9 Å². The smallest absolute Gasteiger partial charge is 0.243 e. The molecular formula is C23H31N3O3S. The predicted molar refractivity (Wildman–Crippen MR) is 122 cm³/mol. The minimum Gasteiger partial charge on any atom is -0.376 e. The Morgan fingerprint density at radius 1 is 1.00 bits per heavy atom. The molecule has 1 N–H and O–H groups in total. The van der Waals surface area contributed by atoms with Crippen LogP contribution in [0.25, 0.3) is 0 Å². The largest absolute Gasteiger partial charge is 0.376 e. The van der Waals surface area contributed by atoms with Crippen LogP contribution in [0.5, 0.6) is 0 Å². The summed E-state index contributed by atoms with van der Waals surface area (Å²) in [4.78, 5) is 14.8. The second-order valence-corrected chi connectivity index (χ2v) is 10.1. The highest BCUT2D eigenvalue weighted by Crippen LogP contribution is 2.30. The maximum absolute atomic E-state index is 13.1. The van der Waals surface area contributed by atoms with Crippen LogP contribution in [-0.2, 0) is 21.2 Å². The lowest BCUT2D eigenvalue weighted by atomic mass is 10.0. The van der Waals surface area contributed by atoms with Crippen molar-refractivity contribution in [2.24, 2.45) is 0 Å². The molecule has 0 spiro atoms. The van der Waals surface area contributed by atoms with E-state index in [1.165, 1.54) is 5.56 Å². The number of amides is 1. The van der Waals surface area contributed by atoms with Gasteiger partial charge >= 0.3 is 0 Å². The van der Waals surface area contributed by atoms with Crippen molar-refractivity contribution in [3.63, 3.8) is 0 Å². The Morgan fingerprint density at radius 2 is 1.70 bits per heavy atom. The summed E-state index contributed by atoms with van der Waals surface area (Å²) in [6.07, 6.45) is 3.06. The van der Waals surface area contributed by atoms with Crippen LogP contribution >= 0.6 is 0 Å². The summed E-state index contributed by atoms with van der Waals surface area (Å²) in [5.74, 6) is -0.172. The summed E-state index contributed by atoms with van der Waals surface area (Å²) >= 11 is 0. The van der Waals surface area contributed by atoms with Crippen LogP contribution in [0.4, 0.5) is 11.4 Å². The highest BCUT2D eigenvalue weighted by atomic mass is 32.2. The average Bonchev–Trinajstić information content (AvgIpc) is 2.71. The fraction of sp³-hybridized carbons (Fsp3) is 0.435. The number of piperidine rings is 1. The second kappa shape index (κ2) is 9.18. The first kappa shape index (κ1) is 22.3. The molecule has 0 radical (unpaired) electrons. The van der Waals surface area contributed by atoms with E-state index in [1.807, 2.05) is 51.0 Å². The molecule has 1 fully saturated rings. The molecule has 30 heavy (non-hydrogen) atoms. The number of aryl methyl sites for hydroxylation is 2. The van der Waals surface area contributed by atoms with Crippen LogP contribution < -0.4 is 10.2 Å². The third kappa shape index (κ3) is 5.02. The first-order chi connectivity index (χ1) is 14.2. The van der Waals surface area contributed by atoms with E-state index in [1.54, 1.807) is 22.5 Å². The van der Waals surface area contributed by atoms with Crippen molar-refractivity contribution in [2.75, 3.05) is 37.4 Å². The quantitative estimate of drug-likeness (QED) is 0.760. The van der Waals surface area contributed by atoms with Gasteiger partial charge in [-0.15, -0.1) is 0 Å². The fourth-order valence-electron chi connectivity index (χ4n) is 3.71. The number of hydrogen-bond acceptors (Lipinski definition) is 4. The number of sulfonamides is 1. The molecule has 162 valence electrons. The van der Waals surface area contributed by atoms with Gasteiger partial charge in [0.05, 0.1) is 22.7 Å². The zero-order valence-corrected chi connectivity index (χ0v) is 19.1. The van der Waals surface area contributed by atoms with Crippen molar-refractivity contribution >= 4 is 27.3 Å².